The molecule has 0 bridgehead atoms. The minimum absolute atomic E-state index is 0.00457. The number of allylic oxidation sites excluding steroid dienone is 4. The van der Waals surface area contributed by atoms with Crippen LogP contribution in [0.25, 0.3) is 0 Å². The van der Waals surface area contributed by atoms with Crippen LogP contribution in [0.1, 0.15) is 183 Å². The summed E-state index contributed by atoms with van der Waals surface area (Å²) in [5.41, 5.74) is 0. The first-order valence-corrected chi connectivity index (χ1v) is 17.8. The molecular weight excluding hydrogens is 488 g/mol. The van der Waals surface area contributed by atoms with E-state index in [9.17, 15) is 4.79 Å². The van der Waals surface area contributed by atoms with Crippen molar-refractivity contribution < 1.29 is 9.53 Å². The summed E-state index contributed by atoms with van der Waals surface area (Å²) in [6.07, 6.45) is 36.5. The Kier molecular flexibility index (Phi) is 28.7. The van der Waals surface area contributed by atoms with Gasteiger partial charge < -0.3 is 4.74 Å². The average Bonchev–Trinajstić information content (AvgIpc) is 2.90. The molecule has 0 rings (SSSR count). The van der Waals surface area contributed by atoms with Crippen molar-refractivity contribution in [1.82, 2.24) is 0 Å². The van der Waals surface area contributed by atoms with E-state index in [1.165, 1.54) is 109 Å². The maximum Gasteiger partial charge on any atom is 0.305 e. The predicted molar refractivity (Wildman–Crippen MR) is 179 cm³/mol. The number of unbranched alkanes of at least 4 members (excludes halogenated alkanes) is 8. The van der Waals surface area contributed by atoms with Crippen LogP contribution in [0.4, 0.5) is 0 Å². The first kappa shape index (κ1) is 39.0. The zero-order valence-electron chi connectivity index (χ0n) is 28.2. The van der Waals surface area contributed by atoms with Crippen LogP contribution in [0.3, 0.4) is 0 Å². The summed E-state index contributed by atoms with van der Waals surface area (Å²) in [5, 5.41) is 0. The van der Waals surface area contributed by atoms with E-state index in [0.29, 0.717) is 18.9 Å². The van der Waals surface area contributed by atoms with Crippen molar-refractivity contribution in [3.05, 3.63) is 24.3 Å². The third kappa shape index (κ3) is 29.9. The molecule has 0 aromatic carbocycles. The van der Waals surface area contributed by atoms with Gasteiger partial charge >= 0.3 is 5.97 Å². The summed E-state index contributed by atoms with van der Waals surface area (Å²) in [7, 11) is 0. The van der Waals surface area contributed by atoms with Crippen LogP contribution in [0.15, 0.2) is 24.3 Å². The molecule has 0 aliphatic heterocycles. The van der Waals surface area contributed by atoms with Gasteiger partial charge in [-0.3, -0.25) is 4.79 Å². The smallest absolute Gasteiger partial charge is 0.305 e. The van der Waals surface area contributed by atoms with Crippen molar-refractivity contribution in [3.63, 3.8) is 0 Å². The summed E-state index contributed by atoms with van der Waals surface area (Å²) in [4.78, 5) is 12.1. The van der Waals surface area contributed by atoms with E-state index in [-0.39, 0.29) is 5.97 Å². The zero-order chi connectivity index (χ0) is 29.7. The molecule has 0 heterocycles. The van der Waals surface area contributed by atoms with Gasteiger partial charge in [0, 0.05) is 6.42 Å². The second-order valence-electron chi connectivity index (χ2n) is 13.5. The van der Waals surface area contributed by atoms with E-state index in [0.717, 1.165) is 43.4 Å². The van der Waals surface area contributed by atoms with Gasteiger partial charge in [-0.15, -0.1) is 0 Å². The van der Waals surface area contributed by atoms with Gasteiger partial charge in [0.1, 0.15) is 0 Å². The van der Waals surface area contributed by atoms with Crippen LogP contribution in [-0.2, 0) is 9.53 Å². The molecule has 3 atom stereocenters. The molecule has 0 amide bonds. The van der Waals surface area contributed by atoms with E-state index >= 15 is 0 Å². The molecule has 0 saturated heterocycles. The van der Waals surface area contributed by atoms with Gasteiger partial charge in [0.25, 0.3) is 0 Å². The molecule has 236 valence electrons. The van der Waals surface area contributed by atoms with E-state index in [2.05, 4.69) is 65.8 Å². The molecule has 0 aliphatic rings. The van der Waals surface area contributed by atoms with Crippen LogP contribution >= 0.6 is 0 Å². The number of hydrogen-bond acceptors (Lipinski definition) is 2. The van der Waals surface area contributed by atoms with Gasteiger partial charge in [-0.05, 0) is 68.6 Å². The number of carbonyl (C=O) groups is 1. The molecule has 0 N–H and O–H groups in total. The standard InChI is InChI=1S/C38H72O2/c1-7-8-9-10-11-12-13-14-15-16-17-18-19-20-21-31-38(39)40-33-32-37(6)30-24-29-36(5)28-23-27-35(4)26-22-25-34(2)3/h11-12,14-15,34-37H,7-10,13,16-33H2,1-6H3/b12-11+,15-14+. The number of esters is 1. The van der Waals surface area contributed by atoms with Gasteiger partial charge in [0.15, 0.2) is 0 Å². The minimum atomic E-state index is 0.00457. The lowest BCUT2D eigenvalue weighted by atomic mass is 9.91. The van der Waals surface area contributed by atoms with Gasteiger partial charge in [0.2, 0.25) is 0 Å². The molecule has 0 spiro atoms. The summed E-state index contributed by atoms with van der Waals surface area (Å²) in [6.45, 7) is 14.7. The Hall–Kier alpha value is -1.05. The second kappa shape index (κ2) is 29.4. The molecule has 0 saturated carbocycles. The maximum absolute atomic E-state index is 12.1. The largest absolute Gasteiger partial charge is 0.466 e. The van der Waals surface area contributed by atoms with Crippen molar-refractivity contribution in [2.24, 2.45) is 23.7 Å². The molecule has 0 aliphatic carbocycles. The normalized spacial score (nSPS) is 14.4. The zero-order valence-corrected chi connectivity index (χ0v) is 28.2. The third-order valence-corrected chi connectivity index (χ3v) is 8.47. The van der Waals surface area contributed by atoms with Crippen molar-refractivity contribution >= 4 is 5.97 Å². The highest BCUT2D eigenvalue weighted by Gasteiger charge is 2.09. The fraction of sp³-hybridized carbons (Fsp3) is 0.868. The highest BCUT2D eigenvalue weighted by atomic mass is 16.5. The summed E-state index contributed by atoms with van der Waals surface area (Å²) in [5.74, 6) is 3.24. The molecular formula is C38H72O2. The molecule has 2 heteroatoms. The monoisotopic (exact) mass is 561 g/mol. The molecule has 0 aromatic heterocycles. The SMILES string of the molecule is CCCCC/C=C/C/C=C/CCCCCCCC(=O)OCCC(C)CCCC(C)CCCC(C)CCCC(C)C. The van der Waals surface area contributed by atoms with E-state index < -0.39 is 0 Å². The second-order valence-corrected chi connectivity index (χ2v) is 13.5. The highest BCUT2D eigenvalue weighted by molar-refractivity contribution is 5.69. The first-order valence-electron chi connectivity index (χ1n) is 17.8. The number of hydrogen-bond donors (Lipinski definition) is 0. The minimum Gasteiger partial charge on any atom is -0.466 e. The molecule has 0 fully saturated rings. The molecule has 0 radical (unpaired) electrons. The number of rotatable bonds is 29. The quantitative estimate of drug-likeness (QED) is 0.0516. The van der Waals surface area contributed by atoms with Crippen molar-refractivity contribution in [2.75, 3.05) is 6.61 Å². The van der Waals surface area contributed by atoms with E-state index in [1.54, 1.807) is 0 Å². The summed E-state index contributed by atoms with van der Waals surface area (Å²) < 4.78 is 5.52. The Morgan fingerprint density at radius 3 is 1.57 bits per heavy atom. The van der Waals surface area contributed by atoms with Gasteiger partial charge in [-0.25, -0.2) is 0 Å². The highest BCUT2D eigenvalue weighted by Crippen LogP contribution is 2.22. The molecule has 3 unspecified atom stereocenters. The van der Waals surface area contributed by atoms with Crippen LogP contribution in [-0.4, -0.2) is 12.6 Å². The fourth-order valence-corrected chi connectivity index (χ4v) is 5.46. The Labute approximate surface area is 252 Å². The topological polar surface area (TPSA) is 26.3 Å². The third-order valence-electron chi connectivity index (χ3n) is 8.47. The Bertz CT molecular complexity index is 590. The average molecular weight is 561 g/mol. The molecule has 0 aromatic rings. The Balaban J connectivity index is 3.52. The summed E-state index contributed by atoms with van der Waals surface area (Å²) >= 11 is 0. The van der Waals surface area contributed by atoms with Crippen LogP contribution in [0.2, 0.25) is 0 Å². The lowest BCUT2D eigenvalue weighted by Crippen LogP contribution is -2.09. The molecule has 40 heavy (non-hydrogen) atoms. The fourth-order valence-electron chi connectivity index (χ4n) is 5.46. The lowest BCUT2D eigenvalue weighted by molar-refractivity contribution is -0.144. The molecule has 2 nitrogen and oxygen atoms in total. The lowest BCUT2D eigenvalue weighted by Gasteiger charge is -2.16. The van der Waals surface area contributed by atoms with Gasteiger partial charge in [0.05, 0.1) is 6.61 Å². The van der Waals surface area contributed by atoms with E-state index in [4.69, 9.17) is 4.74 Å². The van der Waals surface area contributed by atoms with Gasteiger partial charge in [-0.1, -0.05) is 156 Å². The van der Waals surface area contributed by atoms with Crippen LogP contribution in [0, 0.1) is 23.7 Å². The Morgan fingerprint density at radius 1 is 0.550 bits per heavy atom. The number of carbonyl (C=O) groups excluding carboxylic acids is 1. The Morgan fingerprint density at radius 2 is 1.02 bits per heavy atom. The van der Waals surface area contributed by atoms with Crippen LogP contribution < -0.4 is 0 Å². The summed E-state index contributed by atoms with van der Waals surface area (Å²) in [6, 6.07) is 0. The maximum atomic E-state index is 12.1. The van der Waals surface area contributed by atoms with Crippen molar-refractivity contribution in [3.8, 4) is 0 Å². The first-order chi connectivity index (χ1) is 19.3. The van der Waals surface area contributed by atoms with Crippen molar-refractivity contribution in [2.45, 2.75) is 183 Å². The van der Waals surface area contributed by atoms with Crippen LogP contribution in [0.5, 0.6) is 0 Å². The van der Waals surface area contributed by atoms with Gasteiger partial charge in [-0.2, -0.15) is 0 Å². The predicted octanol–water partition coefficient (Wildman–Crippen LogP) is 12.8. The number of ether oxygens (including phenoxy) is 1. The van der Waals surface area contributed by atoms with Crippen molar-refractivity contribution in [1.29, 1.82) is 0 Å². The van der Waals surface area contributed by atoms with E-state index in [1.807, 2.05) is 0 Å².